The molecule has 134 valence electrons. The van der Waals surface area contributed by atoms with Gasteiger partial charge in [0.05, 0.1) is 21.8 Å². The van der Waals surface area contributed by atoms with Crippen molar-refractivity contribution in [3.05, 3.63) is 68.5 Å². The summed E-state index contributed by atoms with van der Waals surface area (Å²) in [5.41, 5.74) is 4.35. The number of hydrogen-bond acceptors (Lipinski definition) is 5. The van der Waals surface area contributed by atoms with Gasteiger partial charge in [0.2, 0.25) is 5.88 Å². The van der Waals surface area contributed by atoms with E-state index in [9.17, 15) is 15.0 Å². The Labute approximate surface area is 164 Å². The maximum absolute atomic E-state index is 11.2. The van der Waals surface area contributed by atoms with E-state index < -0.39 is 5.97 Å². The molecule has 2 N–H and O–H groups in total. The largest absolute Gasteiger partial charge is 0.493 e. The van der Waals surface area contributed by atoms with Crippen molar-refractivity contribution in [3.63, 3.8) is 0 Å². The van der Waals surface area contributed by atoms with Crippen LogP contribution in [0.2, 0.25) is 0 Å². The Morgan fingerprint density at radius 2 is 2.00 bits per heavy atom. The summed E-state index contributed by atoms with van der Waals surface area (Å²) >= 11 is 6.68. The number of benzene rings is 2. The molecule has 0 amide bonds. The molecule has 0 fully saturated rings. The highest BCUT2D eigenvalue weighted by atomic mass is 32.1. The third-order valence-electron chi connectivity index (χ3n) is 4.31. The summed E-state index contributed by atoms with van der Waals surface area (Å²) in [5, 5.41) is 20.0. The van der Waals surface area contributed by atoms with Crippen molar-refractivity contribution in [2.45, 2.75) is 6.92 Å². The van der Waals surface area contributed by atoms with Crippen molar-refractivity contribution < 1.29 is 15.0 Å². The number of aromatic nitrogens is 1. The summed E-state index contributed by atoms with van der Waals surface area (Å²) < 4.78 is 1.91. The van der Waals surface area contributed by atoms with Gasteiger partial charge < -0.3 is 10.2 Å². The van der Waals surface area contributed by atoms with Gasteiger partial charge in [-0.15, -0.1) is 11.3 Å². The van der Waals surface area contributed by atoms with Gasteiger partial charge in [-0.25, -0.2) is 4.79 Å². The lowest BCUT2D eigenvalue weighted by Gasteiger charge is -2.06. The molecular weight excluding hydrogens is 380 g/mol. The van der Waals surface area contributed by atoms with Crippen LogP contribution in [0.25, 0.3) is 17.3 Å². The van der Waals surface area contributed by atoms with E-state index in [1.165, 1.54) is 28.0 Å². The molecule has 3 aromatic rings. The molecule has 27 heavy (non-hydrogen) atoms. The van der Waals surface area contributed by atoms with Crippen LogP contribution in [0.1, 0.15) is 27.7 Å². The van der Waals surface area contributed by atoms with Gasteiger partial charge in [0.25, 0.3) is 0 Å². The first kappa shape index (κ1) is 17.4. The molecular formula is C20H14N2O3S2. The Morgan fingerprint density at radius 3 is 2.78 bits per heavy atom. The average molecular weight is 394 g/mol. The first-order chi connectivity index (χ1) is 13.0. The number of aromatic hydroxyl groups is 1. The number of aromatic carboxylic acids is 1. The van der Waals surface area contributed by atoms with Crippen LogP contribution < -0.4 is 0 Å². The molecule has 7 heteroatoms. The molecule has 0 aliphatic carbocycles. The third kappa shape index (κ3) is 3.01. The lowest BCUT2D eigenvalue weighted by atomic mass is 10.0. The first-order valence-electron chi connectivity index (χ1n) is 8.11. The number of thiazole rings is 1. The standard InChI is InChI=1S/C20H14N2O3S2/c1-11-15(14-7-2-3-8-16(14)21-11)10-17-18(23)22(20(26)27-17)13-6-4-5-12(9-13)19(24)25/h2-10,23H,1H3,(H,24,25)/b15-10+. The van der Waals surface area contributed by atoms with E-state index in [-0.39, 0.29) is 11.4 Å². The zero-order chi connectivity index (χ0) is 19.1. The molecule has 0 unspecified atom stereocenters. The van der Waals surface area contributed by atoms with Gasteiger partial charge >= 0.3 is 5.97 Å². The molecule has 0 spiro atoms. The van der Waals surface area contributed by atoms with Crippen LogP contribution >= 0.6 is 23.6 Å². The summed E-state index contributed by atoms with van der Waals surface area (Å²) in [6, 6.07) is 14.1. The second-order valence-electron chi connectivity index (χ2n) is 6.02. The number of rotatable bonds is 3. The Morgan fingerprint density at radius 1 is 1.22 bits per heavy atom. The number of allylic oxidation sites excluding steroid dienone is 1. The number of hydrogen-bond donors (Lipinski definition) is 2. The van der Waals surface area contributed by atoms with Crippen LogP contribution in [-0.4, -0.2) is 26.5 Å². The monoisotopic (exact) mass is 394 g/mol. The van der Waals surface area contributed by atoms with Gasteiger partial charge in [-0.2, -0.15) is 0 Å². The molecule has 0 saturated carbocycles. The molecule has 0 radical (unpaired) electrons. The van der Waals surface area contributed by atoms with Gasteiger partial charge in [0, 0.05) is 16.8 Å². The van der Waals surface area contributed by atoms with E-state index in [1.807, 2.05) is 37.3 Å². The van der Waals surface area contributed by atoms with Crippen molar-refractivity contribution >= 4 is 52.6 Å². The molecule has 0 saturated heterocycles. The first-order valence-corrected chi connectivity index (χ1v) is 9.33. The van der Waals surface area contributed by atoms with Crippen molar-refractivity contribution in [2.75, 3.05) is 0 Å². The Hall–Kier alpha value is -3.03. The predicted octanol–water partition coefficient (Wildman–Crippen LogP) is 5.32. The maximum atomic E-state index is 11.2. The van der Waals surface area contributed by atoms with E-state index in [2.05, 4.69) is 4.99 Å². The van der Waals surface area contributed by atoms with Gasteiger partial charge in [0.15, 0.2) is 3.95 Å². The van der Waals surface area contributed by atoms with E-state index in [1.54, 1.807) is 12.1 Å². The topological polar surface area (TPSA) is 74.8 Å². The number of carboxylic acid groups (broad SMARTS) is 1. The van der Waals surface area contributed by atoms with Crippen molar-refractivity contribution in [3.8, 4) is 11.6 Å². The minimum atomic E-state index is -1.03. The lowest BCUT2D eigenvalue weighted by molar-refractivity contribution is 0.0697. The smallest absolute Gasteiger partial charge is 0.335 e. The maximum Gasteiger partial charge on any atom is 0.335 e. The molecule has 2 aromatic carbocycles. The fourth-order valence-corrected chi connectivity index (χ4v) is 4.32. The highest BCUT2D eigenvalue weighted by molar-refractivity contribution is 7.73. The Kier molecular flexibility index (Phi) is 4.25. The van der Waals surface area contributed by atoms with Gasteiger partial charge in [-0.05, 0) is 49.5 Å². The van der Waals surface area contributed by atoms with Gasteiger partial charge in [-0.3, -0.25) is 9.56 Å². The van der Waals surface area contributed by atoms with Crippen molar-refractivity contribution in [1.82, 2.24) is 4.57 Å². The summed E-state index contributed by atoms with van der Waals surface area (Å²) in [7, 11) is 0. The Balaban J connectivity index is 1.84. The molecule has 5 nitrogen and oxygen atoms in total. The fraction of sp³-hybridized carbons (Fsp3) is 0.0500. The predicted molar refractivity (Wildman–Crippen MR) is 110 cm³/mol. The van der Waals surface area contributed by atoms with Gasteiger partial charge in [-0.1, -0.05) is 24.3 Å². The quantitative estimate of drug-likeness (QED) is 0.590. The molecule has 1 aromatic heterocycles. The van der Waals surface area contributed by atoms with Crippen LogP contribution in [0.3, 0.4) is 0 Å². The molecule has 1 aliphatic rings. The lowest BCUT2D eigenvalue weighted by Crippen LogP contribution is -1.99. The highest BCUT2D eigenvalue weighted by Crippen LogP contribution is 2.39. The molecule has 4 rings (SSSR count). The van der Waals surface area contributed by atoms with E-state index in [0.29, 0.717) is 14.5 Å². The second-order valence-corrected chi connectivity index (χ2v) is 7.69. The molecule has 0 atom stereocenters. The number of aliphatic imine (C=N–C) groups is 1. The number of para-hydroxylation sites is 1. The van der Waals surface area contributed by atoms with Crippen LogP contribution in [0.15, 0.2) is 53.5 Å². The summed E-state index contributed by atoms with van der Waals surface area (Å²) in [6.45, 7) is 1.93. The van der Waals surface area contributed by atoms with Crippen LogP contribution in [0, 0.1) is 3.95 Å². The van der Waals surface area contributed by atoms with Gasteiger partial charge in [0.1, 0.15) is 0 Å². The summed E-state index contributed by atoms with van der Waals surface area (Å²) in [5.74, 6) is -1.05. The second kappa shape index (κ2) is 6.61. The third-order valence-corrected chi connectivity index (χ3v) is 5.62. The highest BCUT2D eigenvalue weighted by Gasteiger charge is 2.20. The van der Waals surface area contributed by atoms with Crippen molar-refractivity contribution in [2.24, 2.45) is 4.99 Å². The number of carbonyl (C=O) groups is 1. The molecule has 2 heterocycles. The number of fused-ring (bicyclic) bond motifs is 1. The number of nitrogens with zero attached hydrogens (tertiary/aromatic N) is 2. The summed E-state index contributed by atoms with van der Waals surface area (Å²) in [4.78, 5) is 16.4. The Bertz CT molecular complexity index is 1200. The van der Waals surface area contributed by atoms with E-state index >= 15 is 0 Å². The normalized spacial score (nSPS) is 14.3. The minimum Gasteiger partial charge on any atom is -0.493 e. The van der Waals surface area contributed by atoms with Crippen LogP contribution in [0.4, 0.5) is 5.69 Å². The van der Waals surface area contributed by atoms with E-state index in [4.69, 9.17) is 12.2 Å². The van der Waals surface area contributed by atoms with Crippen LogP contribution in [0.5, 0.6) is 5.88 Å². The van der Waals surface area contributed by atoms with E-state index in [0.717, 1.165) is 22.5 Å². The zero-order valence-corrected chi connectivity index (χ0v) is 15.8. The fourth-order valence-electron chi connectivity index (χ4n) is 3.03. The SMILES string of the molecule is CC1=Nc2ccccc2/C1=C/c1sc(=S)n(-c2cccc(C(=O)O)c2)c1O. The summed E-state index contributed by atoms with van der Waals surface area (Å²) in [6.07, 6.45) is 1.87. The zero-order valence-electron chi connectivity index (χ0n) is 14.2. The average Bonchev–Trinajstić information content (AvgIpc) is 3.11. The molecule has 1 aliphatic heterocycles. The minimum absolute atomic E-state index is 0.0165. The molecule has 0 bridgehead atoms. The van der Waals surface area contributed by atoms with Crippen molar-refractivity contribution in [1.29, 1.82) is 0 Å². The number of carboxylic acids is 1. The van der Waals surface area contributed by atoms with Crippen LogP contribution in [-0.2, 0) is 0 Å².